The molecule has 2 saturated heterocycles. The van der Waals surface area contributed by atoms with Crippen LogP contribution in [0.4, 0.5) is 18.4 Å². The highest BCUT2D eigenvalue weighted by Gasteiger charge is 2.83. The van der Waals surface area contributed by atoms with Gasteiger partial charge in [-0.1, -0.05) is 48.5 Å². The van der Waals surface area contributed by atoms with Gasteiger partial charge >= 0.3 is 12.2 Å². The average molecular weight is 721 g/mol. The highest BCUT2D eigenvalue weighted by atomic mass is 19.3. The van der Waals surface area contributed by atoms with Gasteiger partial charge in [0.2, 0.25) is 0 Å². The molecule has 2 amide bonds. The number of ether oxygens (including phenoxy) is 3. The Hall–Kier alpha value is -1.68. The molecule has 2 spiro atoms. The van der Waals surface area contributed by atoms with Gasteiger partial charge in [0.05, 0.1) is 12.2 Å². The number of hydrogen-bond acceptors (Lipinski definition) is 6. The first-order valence-electron chi connectivity index (χ1n) is 20.4. The molecule has 0 bridgehead atoms. The van der Waals surface area contributed by atoms with E-state index in [9.17, 15) is 23.5 Å². The van der Waals surface area contributed by atoms with Gasteiger partial charge in [0.1, 0.15) is 12.2 Å². The number of carbonyl (C=O) groups excluding carboxylic acids is 2. The summed E-state index contributed by atoms with van der Waals surface area (Å²) in [7, 11) is 1.74. The molecular formula is C41H66F2N2O6. The Morgan fingerprint density at radius 1 is 0.843 bits per heavy atom. The number of aliphatic hydroxyl groups is 1. The second-order valence-electron chi connectivity index (χ2n) is 19.7. The summed E-state index contributed by atoms with van der Waals surface area (Å²) in [4.78, 5) is 29.3. The minimum absolute atomic E-state index is 0.0220. The molecule has 7 aliphatic rings. The van der Waals surface area contributed by atoms with Crippen LogP contribution in [-0.4, -0.2) is 90.7 Å². The largest absolute Gasteiger partial charge is 0.446 e. The fourth-order valence-electron chi connectivity index (χ4n) is 13.9. The van der Waals surface area contributed by atoms with E-state index in [1.54, 1.807) is 12.0 Å². The Bertz CT molecular complexity index is 1350. The second-order valence-corrected chi connectivity index (χ2v) is 19.7. The molecule has 2 aliphatic heterocycles. The van der Waals surface area contributed by atoms with Crippen LogP contribution in [0.15, 0.2) is 0 Å². The monoisotopic (exact) mass is 720 g/mol. The predicted octanol–water partition coefficient (Wildman–Crippen LogP) is 8.54. The molecule has 7 fully saturated rings. The van der Waals surface area contributed by atoms with Gasteiger partial charge in [-0.2, -0.15) is 0 Å². The van der Waals surface area contributed by atoms with Gasteiger partial charge in [0, 0.05) is 57.0 Å². The molecular weight excluding hydrogens is 654 g/mol. The molecule has 7 rings (SSSR count). The van der Waals surface area contributed by atoms with Crippen LogP contribution in [0.5, 0.6) is 0 Å². The van der Waals surface area contributed by atoms with Gasteiger partial charge in [0.25, 0.3) is 5.92 Å². The molecule has 2 heterocycles. The molecule has 1 N–H and O–H groups in total. The van der Waals surface area contributed by atoms with E-state index in [0.29, 0.717) is 17.8 Å². The molecule has 0 aromatic carbocycles. The number of fused-ring (bicyclic) bond motifs is 2. The number of nitrogens with zero attached hydrogens (tertiary/aromatic N) is 2. The van der Waals surface area contributed by atoms with Crippen molar-refractivity contribution < 1.29 is 37.7 Å². The summed E-state index contributed by atoms with van der Waals surface area (Å²) in [5.41, 5.74) is -0.0272. The van der Waals surface area contributed by atoms with E-state index in [0.717, 1.165) is 64.5 Å². The first-order valence-corrected chi connectivity index (χ1v) is 20.4. The smallest absolute Gasteiger partial charge is 0.410 e. The van der Waals surface area contributed by atoms with E-state index in [-0.39, 0.29) is 95.4 Å². The van der Waals surface area contributed by atoms with Crippen molar-refractivity contribution in [2.75, 3.05) is 33.3 Å². The number of aliphatic hydroxyl groups excluding tert-OH is 1. The van der Waals surface area contributed by atoms with E-state index in [4.69, 9.17) is 14.2 Å². The summed E-state index contributed by atoms with van der Waals surface area (Å²) in [6, 6.07) is 0. The third kappa shape index (κ3) is 5.58. The lowest BCUT2D eigenvalue weighted by Crippen LogP contribution is -2.60. The van der Waals surface area contributed by atoms with Crippen LogP contribution in [0, 0.1) is 56.7 Å². The fraction of sp³-hybridized carbons (Fsp3) is 0.951. The zero-order valence-corrected chi connectivity index (χ0v) is 32.6. The van der Waals surface area contributed by atoms with E-state index >= 15 is 0 Å². The SMILES string of the molecule is COC(C[C@@H](C)[C@H]1C[C@H](O)[C@@]2(C)C3CC[C@H]4C(C)(C)C(OC(=O)N5CCC(F)(F)CC5)CCC45CC35CCC12C)C(OC(=O)N1CCC1)C(C)C. The summed E-state index contributed by atoms with van der Waals surface area (Å²) < 4.78 is 45.9. The minimum Gasteiger partial charge on any atom is -0.446 e. The number of methoxy groups -OCH3 is 1. The molecule has 0 radical (unpaired) electrons. The van der Waals surface area contributed by atoms with E-state index < -0.39 is 12.0 Å². The number of piperidine rings is 1. The molecule has 51 heavy (non-hydrogen) atoms. The van der Waals surface area contributed by atoms with E-state index in [1.807, 2.05) is 0 Å². The van der Waals surface area contributed by atoms with Crippen molar-refractivity contribution in [2.24, 2.45) is 56.7 Å². The number of alkyl halides is 2. The van der Waals surface area contributed by atoms with Crippen molar-refractivity contribution in [3.05, 3.63) is 0 Å². The zero-order valence-electron chi connectivity index (χ0n) is 32.6. The Labute approximate surface area is 305 Å². The van der Waals surface area contributed by atoms with E-state index in [2.05, 4.69) is 48.5 Å². The molecule has 0 aromatic rings. The molecule has 10 heteroatoms. The van der Waals surface area contributed by atoms with Crippen molar-refractivity contribution in [1.82, 2.24) is 9.80 Å². The third-order valence-electron chi connectivity index (χ3n) is 17.2. The predicted molar refractivity (Wildman–Crippen MR) is 190 cm³/mol. The standard InChI is InChI=1S/C41H66F2N2O6/c1-25(2)33(51-35(48)44-18-9-19-44)28(49-8)22-26(3)27-23-31(46)38(7)30-11-10-29-36(4,5)32(50-34(47)45-20-16-41(42,43)17-21-45)12-13-39(29)24-40(30,39)15-14-37(27,38)6/h25-33,46H,9-24H2,1-8H3/t26-,27-,28?,29+,30?,31+,32?,33?,37?,38-,39?,40?/m1/s1. The van der Waals surface area contributed by atoms with Crippen LogP contribution in [0.3, 0.4) is 0 Å². The van der Waals surface area contributed by atoms with Crippen LogP contribution >= 0.6 is 0 Å². The number of rotatable bonds is 8. The Morgan fingerprint density at radius 3 is 2.08 bits per heavy atom. The molecule has 5 aliphatic carbocycles. The first-order chi connectivity index (χ1) is 23.9. The van der Waals surface area contributed by atoms with E-state index in [1.165, 1.54) is 17.7 Å². The second kappa shape index (κ2) is 12.7. The molecule has 290 valence electrons. The summed E-state index contributed by atoms with van der Waals surface area (Å²) in [5, 5.41) is 12.2. The normalized spacial score (nSPS) is 43.8. The Balaban J connectivity index is 1.05. The Kier molecular flexibility index (Phi) is 9.37. The minimum atomic E-state index is -2.70. The van der Waals surface area contributed by atoms with Crippen molar-refractivity contribution in [2.45, 2.75) is 156 Å². The summed E-state index contributed by atoms with van der Waals surface area (Å²) >= 11 is 0. The van der Waals surface area contributed by atoms with Crippen LogP contribution in [0.25, 0.3) is 0 Å². The van der Waals surface area contributed by atoms with Crippen LogP contribution in [0.1, 0.15) is 126 Å². The van der Waals surface area contributed by atoms with Gasteiger partial charge in [-0.15, -0.1) is 0 Å². The van der Waals surface area contributed by atoms with Gasteiger partial charge < -0.3 is 29.1 Å². The third-order valence-corrected chi connectivity index (χ3v) is 17.2. The molecule has 5 saturated carbocycles. The lowest BCUT2D eigenvalue weighted by molar-refractivity contribution is -0.183. The zero-order chi connectivity index (χ0) is 36.9. The molecule has 7 unspecified atom stereocenters. The van der Waals surface area contributed by atoms with Crippen LogP contribution in [-0.2, 0) is 14.2 Å². The lowest BCUT2D eigenvalue weighted by Gasteiger charge is -2.64. The maximum atomic E-state index is 13.8. The number of amides is 2. The number of likely N-dealkylation sites (tertiary alicyclic amines) is 2. The number of carbonyl (C=O) groups is 2. The van der Waals surface area contributed by atoms with Gasteiger partial charge in [0.15, 0.2) is 0 Å². The first kappa shape index (κ1) is 37.6. The fourth-order valence-corrected chi connectivity index (χ4v) is 13.9. The molecule has 12 atom stereocenters. The topological polar surface area (TPSA) is 88.5 Å². The summed E-state index contributed by atoms with van der Waals surface area (Å²) in [6.07, 6.45) is 7.64. The quantitative estimate of drug-likeness (QED) is 0.271. The average Bonchev–Trinajstić information content (AvgIpc) is 3.65. The molecule has 0 aromatic heterocycles. The van der Waals surface area contributed by atoms with Crippen molar-refractivity contribution in [3.8, 4) is 0 Å². The highest BCUT2D eigenvalue weighted by Crippen LogP contribution is 2.89. The summed E-state index contributed by atoms with van der Waals surface area (Å²) in [6.45, 7) is 17.6. The Morgan fingerprint density at radius 2 is 1.47 bits per heavy atom. The van der Waals surface area contributed by atoms with Crippen LogP contribution < -0.4 is 0 Å². The van der Waals surface area contributed by atoms with Crippen LogP contribution in [0.2, 0.25) is 0 Å². The number of hydrogen-bond donors (Lipinski definition) is 1. The van der Waals surface area contributed by atoms with Gasteiger partial charge in [-0.05, 0) is 110 Å². The molecule has 8 nitrogen and oxygen atoms in total. The number of halogens is 2. The van der Waals surface area contributed by atoms with Crippen molar-refractivity contribution in [1.29, 1.82) is 0 Å². The van der Waals surface area contributed by atoms with Crippen molar-refractivity contribution >= 4 is 12.2 Å². The highest BCUT2D eigenvalue weighted by molar-refractivity contribution is 5.69. The summed E-state index contributed by atoms with van der Waals surface area (Å²) in [5.74, 6) is -1.09. The van der Waals surface area contributed by atoms with Gasteiger partial charge in [-0.25, -0.2) is 18.4 Å². The maximum Gasteiger partial charge on any atom is 0.410 e. The van der Waals surface area contributed by atoms with Gasteiger partial charge in [-0.3, -0.25) is 0 Å². The lowest BCUT2D eigenvalue weighted by atomic mass is 9.41. The maximum absolute atomic E-state index is 13.8. The van der Waals surface area contributed by atoms with Crippen molar-refractivity contribution in [3.63, 3.8) is 0 Å².